The molecule has 1 aliphatic rings. The van der Waals surface area contributed by atoms with Gasteiger partial charge in [0.1, 0.15) is 5.76 Å². The van der Waals surface area contributed by atoms with Crippen LogP contribution in [0.15, 0.2) is 84.8 Å². The van der Waals surface area contributed by atoms with Crippen molar-refractivity contribution in [1.82, 2.24) is 14.9 Å². The smallest absolute Gasteiger partial charge is 0.295 e. The molecular weight excluding hydrogens is 414 g/mol. The second kappa shape index (κ2) is 8.39. The summed E-state index contributed by atoms with van der Waals surface area (Å²) in [5.74, 6) is -1.49. The van der Waals surface area contributed by atoms with Crippen LogP contribution in [0.3, 0.4) is 0 Å². The van der Waals surface area contributed by atoms with Gasteiger partial charge in [0, 0.05) is 41.6 Å². The summed E-state index contributed by atoms with van der Waals surface area (Å²) < 4.78 is 0. The number of rotatable bonds is 5. The first-order chi connectivity index (χ1) is 16.0. The number of aromatic nitrogens is 2. The number of nitrogens with zero attached hydrogens (tertiary/aromatic N) is 2. The molecule has 1 aliphatic heterocycles. The van der Waals surface area contributed by atoms with Crippen molar-refractivity contribution in [3.63, 3.8) is 0 Å². The largest absolute Gasteiger partial charge is 0.507 e. The highest BCUT2D eigenvalue weighted by molar-refractivity contribution is 6.46. The van der Waals surface area contributed by atoms with Crippen molar-refractivity contribution in [2.24, 2.45) is 0 Å². The van der Waals surface area contributed by atoms with Crippen LogP contribution in [0.25, 0.3) is 16.7 Å². The van der Waals surface area contributed by atoms with Gasteiger partial charge in [-0.25, -0.2) is 0 Å². The van der Waals surface area contributed by atoms with Gasteiger partial charge in [0.2, 0.25) is 0 Å². The van der Waals surface area contributed by atoms with E-state index in [1.165, 1.54) is 6.20 Å². The number of Topliss-reactive ketones (excluding diaryl/α,β-unsaturated/α-hetero) is 1. The number of H-pyrrole nitrogens is 1. The van der Waals surface area contributed by atoms with Gasteiger partial charge in [0.15, 0.2) is 0 Å². The van der Waals surface area contributed by atoms with Gasteiger partial charge < -0.3 is 15.0 Å². The molecule has 0 aliphatic carbocycles. The van der Waals surface area contributed by atoms with Crippen LogP contribution in [0.2, 0.25) is 0 Å². The number of benzene rings is 2. The van der Waals surface area contributed by atoms with Gasteiger partial charge >= 0.3 is 0 Å². The Bertz CT molecular complexity index is 1370. The maximum atomic E-state index is 13.1. The van der Waals surface area contributed by atoms with E-state index in [9.17, 15) is 14.7 Å². The summed E-state index contributed by atoms with van der Waals surface area (Å²) in [5, 5.41) is 12.1. The molecule has 5 rings (SSSR count). The topological polar surface area (TPSA) is 86.3 Å². The zero-order valence-corrected chi connectivity index (χ0v) is 18.2. The lowest BCUT2D eigenvalue weighted by atomic mass is 9.95. The maximum absolute atomic E-state index is 13.1. The minimum absolute atomic E-state index is 0.0933. The van der Waals surface area contributed by atoms with Crippen LogP contribution in [0.4, 0.5) is 0 Å². The van der Waals surface area contributed by atoms with Crippen molar-refractivity contribution >= 4 is 28.4 Å². The lowest BCUT2D eigenvalue weighted by molar-refractivity contribution is -0.139. The van der Waals surface area contributed by atoms with E-state index in [0.29, 0.717) is 18.5 Å². The number of hydrogen-bond acceptors (Lipinski definition) is 4. The number of aliphatic hydroxyl groups excluding tert-OH is 1. The molecule has 1 amide bonds. The van der Waals surface area contributed by atoms with Crippen molar-refractivity contribution in [3.8, 4) is 0 Å². The molecule has 1 atom stereocenters. The maximum Gasteiger partial charge on any atom is 0.295 e. The van der Waals surface area contributed by atoms with E-state index < -0.39 is 17.7 Å². The Kier molecular flexibility index (Phi) is 5.26. The van der Waals surface area contributed by atoms with Gasteiger partial charge in [-0.3, -0.25) is 14.6 Å². The zero-order valence-electron chi connectivity index (χ0n) is 18.2. The number of carbonyl (C=O) groups excluding carboxylic acids is 2. The monoisotopic (exact) mass is 437 g/mol. The van der Waals surface area contributed by atoms with E-state index in [4.69, 9.17) is 0 Å². The molecule has 4 aromatic rings. The zero-order chi connectivity index (χ0) is 22.9. The van der Waals surface area contributed by atoms with E-state index in [1.807, 2.05) is 61.7 Å². The summed E-state index contributed by atoms with van der Waals surface area (Å²) in [7, 11) is 0. The number of nitrogens with one attached hydrogen (secondary N) is 1. The molecule has 0 spiro atoms. The highest BCUT2D eigenvalue weighted by Gasteiger charge is 2.45. The number of carbonyl (C=O) groups is 2. The molecule has 0 radical (unpaired) electrons. The predicted molar refractivity (Wildman–Crippen MR) is 126 cm³/mol. The second-order valence-electron chi connectivity index (χ2n) is 8.25. The Morgan fingerprint density at radius 3 is 2.61 bits per heavy atom. The van der Waals surface area contributed by atoms with Crippen LogP contribution >= 0.6 is 0 Å². The van der Waals surface area contributed by atoms with Crippen LogP contribution in [0, 0.1) is 6.92 Å². The minimum atomic E-state index is -0.680. The number of hydrogen-bond donors (Lipinski definition) is 2. The van der Waals surface area contributed by atoms with Crippen LogP contribution in [0.5, 0.6) is 0 Å². The minimum Gasteiger partial charge on any atom is -0.507 e. The highest BCUT2D eigenvalue weighted by Crippen LogP contribution is 2.39. The lowest BCUT2D eigenvalue weighted by Crippen LogP contribution is -2.31. The molecule has 1 saturated heterocycles. The first-order valence-electron chi connectivity index (χ1n) is 10.8. The Labute approximate surface area is 191 Å². The van der Waals surface area contributed by atoms with Crippen LogP contribution in [-0.4, -0.2) is 38.2 Å². The average Bonchev–Trinajstić information content (AvgIpc) is 3.37. The van der Waals surface area contributed by atoms with Crippen molar-refractivity contribution < 1.29 is 14.7 Å². The average molecular weight is 437 g/mol. The molecule has 0 saturated carbocycles. The number of ketones is 1. The molecule has 0 bridgehead atoms. The first kappa shape index (κ1) is 20.7. The molecule has 2 N–H and O–H groups in total. The Morgan fingerprint density at radius 2 is 1.85 bits per heavy atom. The third-order valence-electron chi connectivity index (χ3n) is 6.16. The molecule has 33 heavy (non-hydrogen) atoms. The van der Waals surface area contributed by atoms with Crippen molar-refractivity contribution in [3.05, 3.63) is 107 Å². The van der Waals surface area contributed by atoms with Crippen molar-refractivity contribution in [2.75, 3.05) is 6.54 Å². The molecule has 1 unspecified atom stereocenters. The van der Waals surface area contributed by atoms with Gasteiger partial charge in [-0.1, -0.05) is 48.0 Å². The van der Waals surface area contributed by atoms with Gasteiger partial charge in [-0.2, -0.15) is 0 Å². The molecule has 2 aromatic carbocycles. The van der Waals surface area contributed by atoms with Crippen LogP contribution in [0.1, 0.15) is 28.3 Å². The number of fused-ring (bicyclic) bond motifs is 1. The lowest BCUT2D eigenvalue weighted by Gasteiger charge is -2.25. The summed E-state index contributed by atoms with van der Waals surface area (Å²) >= 11 is 0. The Morgan fingerprint density at radius 1 is 1.06 bits per heavy atom. The molecular formula is C27H23N3O3. The highest BCUT2D eigenvalue weighted by atomic mass is 16.3. The van der Waals surface area contributed by atoms with Gasteiger partial charge in [0.25, 0.3) is 11.7 Å². The Balaban J connectivity index is 1.56. The quantitative estimate of drug-likeness (QED) is 0.273. The van der Waals surface area contributed by atoms with Gasteiger partial charge in [0.05, 0.1) is 11.6 Å². The van der Waals surface area contributed by atoms with E-state index in [2.05, 4.69) is 9.97 Å². The number of amides is 1. The summed E-state index contributed by atoms with van der Waals surface area (Å²) in [5.41, 5.74) is 4.45. The molecule has 3 heterocycles. The van der Waals surface area contributed by atoms with E-state index in [1.54, 1.807) is 23.2 Å². The Hall–Kier alpha value is -4.19. The number of aliphatic hydroxyl groups is 1. The number of aryl methyl sites for hydroxylation is 1. The number of aromatic amines is 1. The van der Waals surface area contributed by atoms with Crippen molar-refractivity contribution in [2.45, 2.75) is 19.4 Å². The van der Waals surface area contributed by atoms with Gasteiger partial charge in [-0.15, -0.1) is 0 Å². The SMILES string of the molecule is Cc1ccc(C2C(=C(O)c3cccnc3)C(=O)C(=O)N2CCc2c[nH]c3ccccc23)cc1. The van der Waals surface area contributed by atoms with E-state index in [0.717, 1.165) is 27.6 Å². The predicted octanol–water partition coefficient (Wildman–Crippen LogP) is 4.54. The first-order valence-corrected chi connectivity index (χ1v) is 10.8. The van der Waals surface area contributed by atoms with E-state index >= 15 is 0 Å². The number of likely N-dealkylation sites (tertiary alicyclic amines) is 1. The van der Waals surface area contributed by atoms with Crippen LogP contribution in [-0.2, 0) is 16.0 Å². The third kappa shape index (κ3) is 3.69. The summed E-state index contributed by atoms with van der Waals surface area (Å²) in [6, 6.07) is 18.4. The number of pyridine rings is 1. The summed E-state index contributed by atoms with van der Waals surface area (Å²) in [6.45, 7) is 2.32. The molecule has 6 heteroatoms. The molecule has 2 aromatic heterocycles. The normalized spacial score (nSPS) is 17.7. The fraction of sp³-hybridized carbons (Fsp3) is 0.148. The second-order valence-corrected chi connectivity index (χ2v) is 8.25. The van der Waals surface area contributed by atoms with Gasteiger partial charge in [-0.05, 0) is 42.7 Å². The fourth-order valence-electron chi connectivity index (χ4n) is 4.44. The molecule has 164 valence electrons. The molecule has 1 fully saturated rings. The third-order valence-corrected chi connectivity index (χ3v) is 6.16. The summed E-state index contributed by atoms with van der Waals surface area (Å²) in [4.78, 5) is 35.1. The fourth-order valence-corrected chi connectivity index (χ4v) is 4.44. The van der Waals surface area contributed by atoms with Crippen molar-refractivity contribution in [1.29, 1.82) is 0 Å². The standard InChI is InChI=1S/C27H23N3O3/c1-17-8-10-18(11-9-17)24-23(25(31)20-5-4-13-28-15-20)26(32)27(33)30(24)14-12-19-16-29-22-7-3-2-6-21(19)22/h2-11,13,15-16,24,29,31H,12,14H2,1H3. The van der Waals surface area contributed by atoms with E-state index in [-0.39, 0.29) is 11.3 Å². The number of para-hydroxylation sites is 1. The van der Waals surface area contributed by atoms with Crippen LogP contribution < -0.4 is 0 Å². The summed E-state index contributed by atoms with van der Waals surface area (Å²) in [6.07, 6.45) is 5.60. The molecule has 6 nitrogen and oxygen atoms in total.